The van der Waals surface area contributed by atoms with E-state index in [0.29, 0.717) is 13.1 Å². The van der Waals surface area contributed by atoms with E-state index in [0.717, 1.165) is 5.56 Å². The number of aromatic amines is 1. The quantitative estimate of drug-likeness (QED) is 0.746. The molecule has 0 saturated carbocycles. The maximum atomic E-state index is 11.5. The van der Waals surface area contributed by atoms with Crippen LogP contribution in [0.4, 0.5) is 4.79 Å². The van der Waals surface area contributed by atoms with E-state index in [4.69, 9.17) is 10.5 Å². The lowest BCUT2D eigenvalue weighted by Gasteiger charge is -2.21. The second-order valence-corrected chi connectivity index (χ2v) is 4.96. The number of amides is 1. The molecule has 5 heteroatoms. The number of nitrogens with one attached hydrogen (secondary N) is 2. The number of carbonyl (C=O) groups excluding carboxylic acids is 1. The van der Waals surface area contributed by atoms with Crippen molar-refractivity contribution in [2.24, 2.45) is 5.73 Å². The van der Waals surface area contributed by atoms with Gasteiger partial charge in [-0.1, -0.05) is 0 Å². The second-order valence-electron chi connectivity index (χ2n) is 4.96. The Bertz CT molecular complexity index is 341. The summed E-state index contributed by atoms with van der Waals surface area (Å²) in [5.41, 5.74) is 6.28. The summed E-state index contributed by atoms with van der Waals surface area (Å²) in [7, 11) is 0. The molecule has 17 heavy (non-hydrogen) atoms. The maximum Gasteiger partial charge on any atom is 0.407 e. The summed E-state index contributed by atoms with van der Waals surface area (Å²) in [4.78, 5) is 14.4. The third-order valence-corrected chi connectivity index (χ3v) is 2.27. The maximum absolute atomic E-state index is 11.5. The number of hydrogen-bond acceptors (Lipinski definition) is 3. The van der Waals surface area contributed by atoms with Crippen molar-refractivity contribution in [2.45, 2.75) is 32.3 Å². The molecule has 0 aliphatic heterocycles. The summed E-state index contributed by atoms with van der Waals surface area (Å²) in [6.07, 6.45) is 3.31. The highest BCUT2D eigenvalue weighted by Crippen LogP contribution is 2.13. The third-order valence-electron chi connectivity index (χ3n) is 2.27. The summed E-state index contributed by atoms with van der Waals surface area (Å²) < 4.78 is 5.15. The van der Waals surface area contributed by atoms with E-state index < -0.39 is 11.7 Å². The van der Waals surface area contributed by atoms with Crippen LogP contribution in [-0.4, -0.2) is 29.8 Å². The van der Waals surface area contributed by atoms with Crippen LogP contribution in [0.2, 0.25) is 0 Å². The number of H-pyrrole nitrogens is 1. The Balaban J connectivity index is 2.41. The molecular weight excluding hydrogens is 218 g/mol. The number of alkyl carbamates (subject to hydrolysis) is 1. The van der Waals surface area contributed by atoms with Crippen LogP contribution in [0.1, 0.15) is 32.3 Å². The molecule has 5 nitrogen and oxygen atoms in total. The average molecular weight is 239 g/mol. The predicted octanol–water partition coefficient (Wildman–Crippen LogP) is 1.58. The standard InChI is InChI=1S/C12H21N3O2/c1-12(2,3)17-11(16)15-8-10(6-13)9-4-5-14-7-9/h4-5,7,10,14H,6,8,13H2,1-3H3,(H,15,16). The van der Waals surface area contributed by atoms with Crippen LogP contribution >= 0.6 is 0 Å². The minimum Gasteiger partial charge on any atom is -0.444 e. The molecule has 0 aliphatic carbocycles. The van der Waals surface area contributed by atoms with E-state index in [2.05, 4.69) is 10.3 Å². The molecule has 0 fully saturated rings. The highest BCUT2D eigenvalue weighted by Gasteiger charge is 2.17. The first-order valence-corrected chi connectivity index (χ1v) is 5.72. The largest absolute Gasteiger partial charge is 0.444 e. The Labute approximate surface area is 102 Å². The minimum atomic E-state index is -0.476. The first-order chi connectivity index (χ1) is 7.92. The van der Waals surface area contributed by atoms with E-state index in [1.807, 2.05) is 39.2 Å². The molecule has 0 bridgehead atoms. The van der Waals surface area contributed by atoms with Gasteiger partial charge < -0.3 is 20.8 Å². The lowest BCUT2D eigenvalue weighted by Crippen LogP contribution is -2.36. The van der Waals surface area contributed by atoms with Gasteiger partial charge in [0.05, 0.1) is 0 Å². The highest BCUT2D eigenvalue weighted by atomic mass is 16.6. The van der Waals surface area contributed by atoms with Crippen LogP contribution in [-0.2, 0) is 4.74 Å². The summed E-state index contributed by atoms with van der Waals surface area (Å²) >= 11 is 0. The first-order valence-electron chi connectivity index (χ1n) is 5.72. The van der Waals surface area contributed by atoms with Gasteiger partial charge in [0, 0.05) is 31.4 Å². The Morgan fingerprint density at radius 1 is 1.59 bits per heavy atom. The van der Waals surface area contributed by atoms with Crippen molar-refractivity contribution in [1.82, 2.24) is 10.3 Å². The Kier molecular flexibility index (Phi) is 4.57. The molecule has 1 aromatic rings. The SMILES string of the molecule is CC(C)(C)OC(=O)NCC(CN)c1cc[nH]c1. The van der Waals surface area contributed by atoms with E-state index in [1.54, 1.807) is 0 Å². The smallest absolute Gasteiger partial charge is 0.407 e. The molecule has 0 radical (unpaired) electrons. The van der Waals surface area contributed by atoms with Crippen molar-refractivity contribution in [2.75, 3.05) is 13.1 Å². The molecule has 0 saturated heterocycles. The lowest BCUT2D eigenvalue weighted by molar-refractivity contribution is 0.0525. The van der Waals surface area contributed by atoms with E-state index in [-0.39, 0.29) is 5.92 Å². The normalized spacial score (nSPS) is 13.2. The number of nitrogens with two attached hydrogens (primary N) is 1. The molecule has 1 aromatic heterocycles. The summed E-state index contributed by atoms with van der Waals surface area (Å²) in [5, 5.41) is 2.72. The number of ether oxygens (including phenoxy) is 1. The molecule has 0 spiro atoms. The van der Waals surface area contributed by atoms with Crippen molar-refractivity contribution in [3.63, 3.8) is 0 Å². The lowest BCUT2D eigenvalue weighted by atomic mass is 10.0. The van der Waals surface area contributed by atoms with Crippen LogP contribution in [0.15, 0.2) is 18.5 Å². The van der Waals surface area contributed by atoms with Crippen LogP contribution in [0, 0.1) is 0 Å². The van der Waals surface area contributed by atoms with Gasteiger partial charge in [-0.15, -0.1) is 0 Å². The van der Waals surface area contributed by atoms with Gasteiger partial charge in [-0.25, -0.2) is 4.79 Å². The van der Waals surface area contributed by atoms with Gasteiger partial charge >= 0.3 is 6.09 Å². The predicted molar refractivity (Wildman–Crippen MR) is 66.8 cm³/mol. The fourth-order valence-corrected chi connectivity index (χ4v) is 1.45. The summed E-state index contributed by atoms with van der Waals surface area (Å²) in [6, 6.07) is 1.95. The number of rotatable bonds is 4. The Hall–Kier alpha value is -1.49. The second kappa shape index (κ2) is 5.72. The molecule has 4 N–H and O–H groups in total. The van der Waals surface area contributed by atoms with Gasteiger partial charge in [-0.2, -0.15) is 0 Å². The van der Waals surface area contributed by atoms with Gasteiger partial charge in [0.1, 0.15) is 5.60 Å². The number of hydrogen-bond donors (Lipinski definition) is 3. The fourth-order valence-electron chi connectivity index (χ4n) is 1.45. The minimum absolute atomic E-state index is 0.105. The van der Waals surface area contributed by atoms with Crippen LogP contribution < -0.4 is 11.1 Å². The van der Waals surface area contributed by atoms with Crippen molar-refractivity contribution >= 4 is 6.09 Å². The fraction of sp³-hybridized carbons (Fsp3) is 0.583. The van der Waals surface area contributed by atoms with Gasteiger partial charge in [0.25, 0.3) is 0 Å². The molecule has 96 valence electrons. The summed E-state index contributed by atoms with van der Waals surface area (Å²) in [5.74, 6) is 0.105. The molecule has 0 aliphatic rings. The van der Waals surface area contributed by atoms with Crippen molar-refractivity contribution in [3.8, 4) is 0 Å². The zero-order valence-corrected chi connectivity index (χ0v) is 10.6. The van der Waals surface area contributed by atoms with Crippen molar-refractivity contribution < 1.29 is 9.53 Å². The van der Waals surface area contributed by atoms with Gasteiger partial charge in [-0.3, -0.25) is 0 Å². The monoisotopic (exact) mass is 239 g/mol. The van der Waals surface area contributed by atoms with Crippen molar-refractivity contribution in [3.05, 3.63) is 24.0 Å². The van der Waals surface area contributed by atoms with Crippen LogP contribution in [0.5, 0.6) is 0 Å². The molecule has 1 atom stereocenters. The average Bonchev–Trinajstić information content (AvgIpc) is 2.69. The third kappa shape index (κ3) is 4.91. The van der Waals surface area contributed by atoms with E-state index in [9.17, 15) is 4.79 Å². The molecule has 1 unspecified atom stereocenters. The zero-order valence-electron chi connectivity index (χ0n) is 10.6. The first kappa shape index (κ1) is 13.6. The Morgan fingerprint density at radius 3 is 2.76 bits per heavy atom. The molecule has 1 heterocycles. The van der Waals surface area contributed by atoms with E-state index in [1.165, 1.54) is 0 Å². The van der Waals surface area contributed by atoms with Crippen LogP contribution in [0.3, 0.4) is 0 Å². The number of aromatic nitrogens is 1. The van der Waals surface area contributed by atoms with Gasteiger partial charge in [0.2, 0.25) is 0 Å². The molecule has 0 aromatic carbocycles. The number of carbonyl (C=O) groups is 1. The van der Waals surface area contributed by atoms with Gasteiger partial charge in [0.15, 0.2) is 0 Å². The molecule has 1 rings (SSSR count). The molecular formula is C12H21N3O2. The van der Waals surface area contributed by atoms with Crippen LogP contribution in [0.25, 0.3) is 0 Å². The topological polar surface area (TPSA) is 80.1 Å². The summed E-state index contributed by atoms with van der Waals surface area (Å²) in [6.45, 7) is 6.45. The zero-order chi connectivity index (χ0) is 12.9. The molecule has 1 amide bonds. The Morgan fingerprint density at radius 2 is 2.29 bits per heavy atom. The van der Waals surface area contributed by atoms with Crippen molar-refractivity contribution in [1.29, 1.82) is 0 Å². The van der Waals surface area contributed by atoms with E-state index >= 15 is 0 Å². The van der Waals surface area contributed by atoms with Gasteiger partial charge in [-0.05, 0) is 32.4 Å². The highest BCUT2D eigenvalue weighted by molar-refractivity contribution is 5.67.